The molecule has 0 radical (unpaired) electrons. The van der Waals surface area contributed by atoms with Crippen LogP contribution in [0.2, 0.25) is 0 Å². The summed E-state index contributed by atoms with van der Waals surface area (Å²) in [4.78, 5) is 21.1. The van der Waals surface area contributed by atoms with Crippen molar-refractivity contribution in [2.75, 3.05) is 0 Å². The molecule has 1 aliphatic carbocycles. The molecule has 90 valence electrons. The van der Waals surface area contributed by atoms with E-state index in [4.69, 9.17) is 0 Å². The number of carbonyl (C=O) groups excluding carboxylic acids is 1. The predicted molar refractivity (Wildman–Crippen MR) is 68.5 cm³/mol. The fourth-order valence-electron chi connectivity index (χ4n) is 2.29. The van der Waals surface area contributed by atoms with Crippen molar-refractivity contribution in [2.45, 2.75) is 25.7 Å². The Morgan fingerprint density at radius 1 is 1.00 bits per heavy atom. The zero-order valence-corrected chi connectivity index (χ0v) is 10.1. The lowest BCUT2D eigenvalue weighted by molar-refractivity contribution is 0.103. The van der Waals surface area contributed by atoms with E-state index >= 15 is 0 Å². The predicted octanol–water partition coefficient (Wildman–Crippen LogP) is 2.59. The molecule has 0 unspecified atom stereocenters. The Bertz CT molecular complexity index is 578. The van der Waals surface area contributed by atoms with Crippen molar-refractivity contribution in [3.8, 4) is 0 Å². The first-order valence-corrected chi connectivity index (χ1v) is 6.29. The zero-order valence-electron chi connectivity index (χ0n) is 10.1. The maximum absolute atomic E-state index is 12.2. The van der Waals surface area contributed by atoms with Crippen LogP contribution in [0, 0.1) is 0 Å². The molecule has 1 aromatic carbocycles. The zero-order chi connectivity index (χ0) is 12.4. The fraction of sp³-hybridized carbons (Fsp3) is 0.267. The molecule has 2 aromatic rings. The Kier molecular flexibility index (Phi) is 2.89. The SMILES string of the molecule is O=C(c1ccccc1)c1cnc2c(n1)CCCC2. The van der Waals surface area contributed by atoms with Gasteiger partial charge in [-0.25, -0.2) is 4.98 Å². The summed E-state index contributed by atoms with van der Waals surface area (Å²) in [6.45, 7) is 0. The number of carbonyl (C=O) groups is 1. The Morgan fingerprint density at radius 3 is 2.50 bits per heavy atom. The molecule has 3 nitrogen and oxygen atoms in total. The van der Waals surface area contributed by atoms with Crippen LogP contribution in [0.4, 0.5) is 0 Å². The number of rotatable bonds is 2. The average Bonchev–Trinajstić information content (AvgIpc) is 2.47. The van der Waals surface area contributed by atoms with Gasteiger partial charge >= 0.3 is 0 Å². The first-order chi connectivity index (χ1) is 8.84. The fourth-order valence-corrected chi connectivity index (χ4v) is 2.29. The van der Waals surface area contributed by atoms with Crippen LogP contribution in [-0.2, 0) is 12.8 Å². The summed E-state index contributed by atoms with van der Waals surface area (Å²) in [6.07, 6.45) is 5.86. The number of fused-ring (bicyclic) bond motifs is 1. The number of hydrogen-bond donors (Lipinski definition) is 0. The third-order valence-corrected chi connectivity index (χ3v) is 3.28. The van der Waals surface area contributed by atoms with Gasteiger partial charge in [0.2, 0.25) is 5.78 Å². The van der Waals surface area contributed by atoms with Crippen LogP contribution in [0.15, 0.2) is 36.5 Å². The van der Waals surface area contributed by atoms with Gasteiger partial charge < -0.3 is 0 Å². The van der Waals surface area contributed by atoms with E-state index < -0.39 is 0 Å². The molecule has 0 fully saturated rings. The van der Waals surface area contributed by atoms with Crippen LogP contribution < -0.4 is 0 Å². The summed E-state index contributed by atoms with van der Waals surface area (Å²) in [5, 5.41) is 0. The lowest BCUT2D eigenvalue weighted by Gasteiger charge is -2.13. The molecule has 0 spiro atoms. The van der Waals surface area contributed by atoms with E-state index in [1.807, 2.05) is 30.3 Å². The van der Waals surface area contributed by atoms with E-state index in [1.54, 1.807) is 6.20 Å². The summed E-state index contributed by atoms with van der Waals surface area (Å²) >= 11 is 0. The lowest BCUT2D eigenvalue weighted by Crippen LogP contribution is -2.13. The second-order valence-electron chi connectivity index (χ2n) is 4.55. The minimum absolute atomic E-state index is 0.0449. The van der Waals surface area contributed by atoms with Gasteiger partial charge in [0.05, 0.1) is 17.6 Å². The van der Waals surface area contributed by atoms with Crippen LogP contribution in [0.5, 0.6) is 0 Å². The molecule has 0 aliphatic heterocycles. The van der Waals surface area contributed by atoms with E-state index in [9.17, 15) is 4.79 Å². The third-order valence-electron chi connectivity index (χ3n) is 3.28. The first-order valence-electron chi connectivity index (χ1n) is 6.29. The quantitative estimate of drug-likeness (QED) is 0.755. The minimum atomic E-state index is -0.0449. The molecule has 0 amide bonds. The molecule has 0 bridgehead atoms. The van der Waals surface area contributed by atoms with Crippen LogP contribution in [0.3, 0.4) is 0 Å². The van der Waals surface area contributed by atoms with Crippen LogP contribution in [-0.4, -0.2) is 15.8 Å². The summed E-state index contributed by atoms with van der Waals surface area (Å²) < 4.78 is 0. The smallest absolute Gasteiger partial charge is 0.212 e. The Balaban J connectivity index is 1.95. The molecule has 0 saturated carbocycles. The highest BCUT2D eigenvalue weighted by atomic mass is 16.1. The normalized spacial score (nSPS) is 14.0. The highest BCUT2D eigenvalue weighted by Gasteiger charge is 2.16. The van der Waals surface area contributed by atoms with Gasteiger partial charge in [-0.3, -0.25) is 9.78 Å². The molecule has 1 aromatic heterocycles. The highest BCUT2D eigenvalue weighted by molar-refractivity contribution is 6.07. The van der Waals surface area contributed by atoms with Crippen molar-refractivity contribution >= 4 is 5.78 Å². The number of hydrogen-bond acceptors (Lipinski definition) is 3. The van der Waals surface area contributed by atoms with Gasteiger partial charge in [-0.05, 0) is 25.7 Å². The van der Waals surface area contributed by atoms with Crippen LogP contribution in [0.25, 0.3) is 0 Å². The van der Waals surface area contributed by atoms with Gasteiger partial charge in [-0.2, -0.15) is 0 Å². The van der Waals surface area contributed by atoms with Gasteiger partial charge in [0.1, 0.15) is 5.69 Å². The Hall–Kier alpha value is -2.03. The molecule has 0 N–H and O–H groups in total. The standard InChI is InChI=1S/C15H14N2O/c18-15(11-6-2-1-3-7-11)14-10-16-12-8-4-5-9-13(12)17-14/h1-3,6-7,10H,4-5,8-9H2. The number of benzene rings is 1. The molecular weight excluding hydrogens is 224 g/mol. The Labute approximate surface area is 106 Å². The summed E-state index contributed by atoms with van der Waals surface area (Å²) in [6, 6.07) is 9.24. The summed E-state index contributed by atoms with van der Waals surface area (Å²) in [5.74, 6) is -0.0449. The summed E-state index contributed by atoms with van der Waals surface area (Å²) in [7, 11) is 0. The molecule has 1 heterocycles. The van der Waals surface area contributed by atoms with Crippen molar-refractivity contribution in [1.82, 2.24) is 9.97 Å². The van der Waals surface area contributed by atoms with E-state index in [-0.39, 0.29) is 5.78 Å². The monoisotopic (exact) mass is 238 g/mol. The second kappa shape index (κ2) is 4.69. The van der Waals surface area contributed by atoms with E-state index in [1.165, 1.54) is 6.42 Å². The van der Waals surface area contributed by atoms with Crippen LogP contribution >= 0.6 is 0 Å². The van der Waals surface area contributed by atoms with Crippen molar-refractivity contribution in [1.29, 1.82) is 0 Å². The molecular formula is C15H14N2O. The third kappa shape index (κ3) is 2.04. The first kappa shape index (κ1) is 11.1. The van der Waals surface area contributed by atoms with Gasteiger partial charge in [-0.15, -0.1) is 0 Å². The highest BCUT2D eigenvalue weighted by Crippen LogP contribution is 2.18. The molecule has 0 atom stereocenters. The van der Waals surface area contributed by atoms with E-state index in [0.29, 0.717) is 11.3 Å². The molecule has 3 rings (SSSR count). The van der Waals surface area contributed by atoms with E-state index in [2.05, 4.69) is 9.97 Å². The molecule has 18 heavy (non-hydrogen) atoms. The van der Waals surface area contributed by atoms with E-state index in [0.717, 1.165) is 30.7 Å². The number of aromatic nitrogens is 2. The minimum Gasteiger partial charge on any atom is -0.287 e. The van der Waals surface area contributed by atoms with Gasteiger partial charge in [-0.1, -0.05) is 30.3 Å². The summed E-state index contributed by atoms with van der Waals surface area (Å²) in [5.41, 5.74) is 3.19. The molecule has 1 aliphatic rings. The topological polar surface area (TPSA) is 42.9 Å². The largest absolute Gasteiger partial charge is 0.287 e. The maximum atomic E-state index is 12.2. The Morgan fingerprint density at radius 2 is 1.72 bits per heavy atom. The molecule has 3 heteroatoms. The van der Waals surface area contributed by atoms with Crippen molar-refractivity contribution in [2.24, 2.45) is 0 Å². The van der Waals surface area contributed by atoms with Crippen molar-refractivity contribution < 1.29 is 4.79 Å². The number of aryl methyl sites for hydroxylation is 2. The molecule has 0 saturated heterocycles. The van der Waals surface area contributed by atoms with Gasteiger partial charge in [0, 0.05) is 5.56 Å². The number of ketones is 1. The second-order valence-corrected chi connectivity index (χ2v) is 4.55. The van der Waals surface area contributed by atoms with Gasteiger partial charge in [0.25, 0.3) is 0 Å². The average molecular weight is 238 g/mol. The number of nitrogens with zero attached hydrogens (tertiary/aromatic N) is 2. The van der Waals surface area contributed by atoms with Crippen LogP contribution in [0.1, 0.15) is 40.3 Å². The van der Waals surface area contributed by atoms with Crippen molar-refractivity contribution in [3.63, 3.8) is 0 Å². The maximum Gasteiger partial charge on any atom is 0.212 e. The van der Waals surface area contributed by atoms with Crippen molar-refractivity contribution in [3.05, 3.63) is 59.2 Å². The lowest BCUT2D eigenvalue weighted by atomic mass is 10.00. The van der Waals surface area contributed by atoms with Gasteiger partial charge in [0.15, 0.2) is 0 Å².